The summed E-state index contributed by atoms with van der Waals surface area (Å²) in [7, 11) is 0. The summed E-state index contributed by atoms with van der Waals surface area (Å²) in [6.07, 6.45) is 0. The van der Waals surface area contributed by atoms with Gasteiger partial charge in [0, 0.05) is 5.56 Å². The quantitative estimate of drug-likeness (QED) is 0.789. The molecule has 1 heterocycles. The van der Waals surface area contributed by atoms with Gasteiger partial charge < -0.3 is 10.1 Å². The molecule has 0 saturated carbocycles. The zero-order chi connectivity index (χ0) is 12.4. The lowest BCUT2D eigenvalue weighted by molar-refractivity contribution is 0.103. The van der Waals surface area contributed by atoms with Crippen LogP contribution in [0.3, 0.4) is 0 Å². The topological polar surface area (TPSA) is 66.0 Å². The van der Waals surface area contributed by atoms with E-state index in [1.165, 1.54) is 0 Å². The smallest absolute Gasteiger partial charge is 0.228 e. The van der Waals surface area contributed by atoms with E-state index in [9.17, 15) is 4.79 Å². The number of carbonyl (C=O) groups is 1. The maximum absolute atomic E-state index is 12.1. The molecule has 2 aromatic rings. The Labute approximate surface area is 99.3 Å². The maximum Gasteiger partial charge on any atom is 0.228 e. The fourth-order valence-electron chi connectivity index (χ4n) is 1.68. The monoisotopic (exact) mass is 230 g/mol. The number of aryl methyl sites for hydroxylation is 2. The number of rotatable bonds is 3. The molecular weight excluding hydrogens is 216 g/mol. The minimum absolute atomic E-state index is 0.139. The molecule has 4 nitrogen and oxygen atoms in total. The molecule has 0 bridgehead atoms. The van der Waals surface area contributed by atoms with Gasteiger partial charge in [0.2, 0.25) is 5.78 Å². The van der Waals surface area contributed by atoms with Gasteiger partial charge in [-0.1, -0.05) is 23.8 Å². The van der Waals surface area contributed by atoms with Gasteiger partial charge in [-0.25, -0.2) is 4.98 Å². The number of nitrogens with zero attached hydrogens (tertiary/aromatic N) is 1. The van der Waals surface area contributed by atoms with E-state index in [-0.39, 0.29) is 18.2 Å². The lowest BCUT2D eigenvalue weighted by atomic mass is 10.1. The molecular formula is C13H14N2O2. The number of benzene rings is 1. The molecule has 0 fully saturated rings. The molecule has 4 heteroatoms. The molecule has 0 spiro atoms. The predicted octanol–water partition coefficient (Wildman–Crippen LogP) is 1.75. The second-order valence-corrected chi connectivity index (χ2v) is 4.01. The first kappa shape index (κ1) is 11.5. The van der Waals surface area contributed by atoms with Gasteiger partial charge in [0.25, 0.3) is 0 Å². The first-order valence-corrected chi connectivity index (χ1v) is 5.39. The molecule has 1 aromatic heterocycles. The molecule has 1 aromatic carbocycles. The highest BCUT2D eigenvalue weighted by Gasteiger charge is 2.14. The highest BCUT2D eigenvalue weighted by atomic mass is 16.3. The second kappa shape index (κ2) is 4.51. The number of ketones is 1. The molecule has 0 aliphatic carbocycles. The third-order valence-electron chi connectivity index (χ3n) is 2.64. The first-order valence-electron chi connectivity index (χ1n) is 5.39. The Balaban J connectivity index is 2.37. The van der Waals surface area contributed by atoms with Crippen LogP contribution in [0.5, 0.6) is 0 Å². The van der Waals surface area contributed by atoms with Crippen molar-refractivity contribution in [2.24, 2.45) is 0 Å². The Morgan fingerprint density at radius 3 is 2.76 bits per heavy atom. The van der Waals surface area contributed by atoms with Crippen molar-refractivity contribution in [2.45, 2.75) is 20.5 Å². The highest BCUT2D eigenvalue weighted by molar-refractivity contribution is 6.06. The van der Waals surface area contributed by atoms with Crippen molar-refractivity contribution in [1.29, 1.82) is 0 Å². The third kappa shape index (κ3) is 2.26. The van der Waals surface area contributed by atoms with E-state index < -0.39 is 0 Å². The van der Waals surface area contributed by atoms with Crippen molar-refractivity contribution < 1.29 is 9.90 Å². The number of aromatic amines is 1. The minimum Gasteiger partial charge on any atom is -0.390 e. The van der Waals surface area contributed by atoms with E-state index in [0.29, 0.717) is 17.0 Å². The summed E-state index contributed by atoms with van der Waals surface area (Å²) in [6.45, 7) is 3.55. The Hall–Kier alpha value is -1.94. The largest absolute Gasteiger partial charge is 0.390 e. The van der Waals surface area contributed by atoms with Crippen LogP contribution in [0, 0.1) is 13.8 Å². The molecule has 88 valence electrons. The third-order valence-corrected chi connectivity index (χ3v) is 2.64. The number of hydrogen-bond acceptors (Lipinski definition) is 3. The van der Waals surface area contributed by atoms with Gasteiger partial charge in [0.05, 0.1) is 18.0 Å². The zero-order valence-corrected chi connectivity index (χ0v) is 9.82. The van der Waals surface area contributed by atoms with Crippen LogP contribution < -0.4 is 0 Å². The number of nitrogens with one attached hydrogen (secondary N) is 1. The van der Waals surface area contributed by atoms with Crippen LogP contribution in [0.2, 0.25) is 0 Å². The first-order chi connectivity index (χ1) is 8.11. The normalized spacial score (nSPS) is 10.5. The van der Waals surface area contributed by atoms with Gasteiger partial charge in [0.1, 0.15) is 0 Å². The molecule has 0 atom stereocenters. The van der Waals surface area contributed by atoms with Crippen LogP contribution in [-0.4, -0.2) is 20.9 Å². The van der Waals surface area contributed by atoms with Crippen molar-refractivity contribution in [3.8, 4) is 0 Å². The number of imidazole rings is 1. The lowest BCUT2D eigenvalue weighted by Crippen LogP contribution is -2.04. The fraction of sp³-hybridized carbons (Fsp3) is 0.231. The summed E-state index contributed by atoms with van der Waals surface area (Å²) < 4.78 is 0. The Morgan fingerprint density at radius 2 is 2.18 bits per heavy atom. The van der Waals surface area contributed by atoms with E-state index in [1.54, 1.807) is 13.0 Å². The number of aliphatic hydroxyl groups is 1. The summed E-state index contributed by atoms with van der Waals surface area (Å²) in [5, 5.41) is 9.05. The lowest BCUT2D eigenvalue weighted by Gasteiger charge is -1.98. The van der Waals surface area contributed by atoms with E-state index in [4.69, 9.17) is 5.11 Å². The van der Waals surface area contributed by atoms with Gasteiger partial charge in [-0.05, 0) is 19.9 Å². The number of carbonyl (C=O) groups excluding carboxylic acids is 1. The number of aliphatic hydroxyl groups excluding tert-OH is 1. The van der Waals surface area contributed by atoms with E-state index in [1.807, 2.05) is 25.1 Å². The van der Waals surface area contributed by atoms with Crippen LogP contribution in [0.25, 0.3) is 0 Å². The van der Waals surface area contributed by atoms with Gasteiger partial charge in [0.15, 0.2) is 5.82 Å². The highest BCUT2D eigenvalue weighted by Crippen LogP contribution is 2.11. The fourth-order valence-corrected chi connectivity index (χ4v) is 1.68. The van der Waals surface area contributed by atoms with Crippen LogP contribution in [0.1, 0.15) is 33.1 Å². The second-order valence-electron chi connectivity index (χ2n) is 4.01. The molecule has 0 unspecified atom stereocenters. The van der Waals surface area contributed by atoms with Crippen molar-refractivity contribution in [2.75, 3.05) is 0 Å². The van der Waals surface area contributed by atoms with Crippen molar-refractivity contribution >= 4 is 5.78 Å². The molecule has 2 rings (SSSR count). The summed E-state index contributed by atoms with van der Waals surface area (Å²) in [5.74, 6) is 0.119. The number of H-pyrrole nitrogens is 1. The molecule has 0 radical (unpaired) electrons. The molecule has 2 N–H and O–H groups in total. The van der Waals surface area contributed by atoms with E-state index in [0.717, 1.165) is 5.56 Å². The number of hydrogen-bond donors (Lipinski definition) is 2. The molecule has 0 aliphatic heterocycles. The standard InChI is InChI=1S/C13H14N2O2/c1-8-4-3-5-10(6-8)12(17)13-14-9(2)11(7-16)15-13/h3-6,16H,7H2,1-2H3,(H,14,15). The Morgan fingerprint density at radius 1 is 1.41 bits per heavy atom. The Kier molecular flexibility index (Phi) is 3.06. The van der Waals surface area contributed by atoms with Gasteiger partial charge in [-0.3, -0.25) is 4.79 Å². The van der Waals surface area contributed by atoms with Crippen LogP contribution in [0.15, 0.2) is 24.3 Å². The average Bonchev–Trinajstić information content (AvgIpc) is 2.69. The minimum atomic E-state index is -0.156. The van der Waals surface area contributed by atoms with Crippen molar-refractivity contribution in [3.05, 3.63) is 52.6 Å². The van der Waals surface area contributed by atoms with Gasteiger partial charge in [-0.2, -0.15) is 0 Å². The van der Waals surface area contributed by atoms with Crippen molar-refractivity contribution in [1.82, 2.24) is 9.97 Å². The SMILES string of the molecule is Cc1cccc(C(=O)c2nc(C)c(CO)[nH]2)c1. The van der Waals surface area contributed by atoms with Crippen molar-refractivity contribution in [3.63, 3.8) is 0 Å². The summed E-state index contributed by atoms with van der Waals surface area (Å²) >= 11 is 0. The molecule has 0 aliphatic rings. The van der Waals surface area contributed by atoms with Crippen LogP contribution >= 0.6 is 0 Å². The molecule has 0 amide bonds. The zero-order valence-electron chi connectivity index (χ0n) is 9.82. The summed E-state index contributed by atoms with van der Waals surface area (Å²) in [6, 6.07) is 7.35. The molecule has 17 heavy (non-hydrogen) atoms. The van der Waals surface area contributed by atoms with E-state index in [2.05, 4.69) is 9.97 Å². The Bertz CT molecular complexity index is 558. The van der Waals surface area contributed by atoms with Crippen LogP contribution in [-0.2, 0) is 6.61 Å². The predicted molar refractivity (Wildman–Crippen MR) is 63.9 cm³/mol. The van der Waals surface area contributed by atoms with Crippen LogP contribution in [0.4, 0.5) is 0 Å². The summed E-state index contributed by atoms with van der Waals surface area (Å²) in [5.41, 5.74) is 2.87. The molecule has 0 saturated heterocycles. The average molecular weight is 230 g/mol. The van der Waals surface area contributed by atoms with E-state index >= 15 is 0 Å². The summed E-state index contributed by atoms with van der Waals surface area (Å²) in [4.78, 5) is 19.1. The van der Waals surface area contributed by atoms with Gasteiger partial charge >= 0.3 is 0 Å². The maximum atomic E-state index is 12.1. The number of aromatic nitrogens is 2. The van der Waals surface area contributed by atoms with Gasteiger partial charge in [-0.15, -0.1) is 0 Å².